The second-order valence-electron chi connectivity index (χ2n) is 20.1. The van der Waals surface area contributed by atoms with Crippen molar-refractivity contribution >= 4 is 51.9 Å². The fourth-order valence-electron chi connectivity index (χ4n) is 10.9. The Morgan fingerprint density at radius 1 is 0.397 bits per heavy atom. The summed E-state index contributed by atoms with van der Waals surface area (Å²) in [7, 11) is 0. The third-order valence-electron chi connectivity index (χ3n) is 14.5. The minimum absolute atomic E-state index is 0.119. The highest BCUT2D eigenvalue weighted by Gasteiger charge is 2.44. The van der Waals surface area contributed by atoms with E-state index in [-0.39, 0.29) is 12.1 Å². The molecule has 0 spiro atoms. The maximum absolute atomic E-state index is 5.62. The van der Waals surface area contributed by atoms with E-state index < -0.39 is 0 Å². The number of nitrogens with zero attached hydrogens (tertiary/aromatic N) is 3. The first kappa shape index (κ1) is 44.4. The molecule has 3 nitrogen and oxygen atoms in total. The van der Waals surface area contributed by atoms with E-state index in [1.54, 1.807) is 0 Å². The maximum atomic E-state index is 5.62. The van der Waals surface area contributed by atoms with Crippen molar-refractivity contribution in [3.05, 3.63) is 254 Å². The van der Waals surface area contributed by atoms with Gasteiger partial charge in [0.05, 0.1) is 28.5 Å². The predicted molar refractivity (Wildman–Crippen MR) is 309 cm³/mol. The second kappa shape index (κ2) is 18.3. The van der Waals surface area contributed by atoms with Gasteiger partial charge in [-0.15, -0.1) is 0 Å². The van der Waals surface area contributed by atoms with Crippen molar-refractivity contribution in [1.29, 1.82) is 0 Å². The summed E-state index contributed by atoms with van der Waals surface area (Å²) >= 11 is 1.90. The Morgan fingerprint density at radius 3 is 1.38 bits per heavy atom. The molecule has 2 aliphatic heterocycles. The van der Waals surface area contributed by atoms with E-state index in [4.69, 9.17) is 9.97 Å². The van der Waals surface area contributed by atoms with Crippen LogP contribution in [-0.2, 0) is 5.41 Å². The van der Waals surface area contributed by atoms with Gasteiger partial charge in [-0.3, -0.25) is 0 Å². The third-order valence-corrected chi connectivity index (χ3v) is 15.7. The molecule has 9 aromatic carbocycles. The molecule has 5 heteroatoms. The molecule has 0 N–H and O–H groups in total. The summed E-state index contributed by atoms with van der Waals surface area (Å²) in [5.41, 5.74) is 23.5. The molecule has 0 radical (unpaired) electrons. The van der Waals surface area contributed by atoms with Gasteiger partial charge in [0, 0.05) is 43.4 Å². The Labute approximate surface area is 433 Å². The van der Waals surface area contributed by atoms with Crippen LogP contribution in [0.3, 0.4) is 0 Å². The van der Waals surface area contributed by atoms with Crippen molar-refractivity contribution in [1.82, 2.24) is 9.97 Å². The highest BCUT2D eigenvalue weighted by molar-refractivity contribution is 8.00. The molecule has 13 rings (SSSR count). The van der Waals surface area contributed by atoms with E-state index in [1.807, 2.05) is 11.8 Å². The molecular formula is C68H50BN3S. The summed E-state index contributed by atoms with van der Waals surface area (Å²) in [4.78, 5) is 16.2. The molecule has 4 heterocycles. The third kappa shape index (κ3) is 7.98. The van der Waals surface area contributed by atoms with Crippen LogP contribution in [0.4, 0.5) is 17.1 Å². The molecule has 346 valence electrons. The molecule has 11 aromatic rings. The minimum Gasteiger partial charge on any atom is -0.311 e. The lowest BCUT2D eigenvalue weighted by Gasteiger charge is -2.43. The molecule has 0 unspecified atom stereocenters. The van der Waals surface area contributed by atoms with Gasteiger partial charge in [0.25, 0.3) is 0 Å². The summed E-state index contributed by atoms with van der Waals surface area (Å²) in [5, 5.41) is 0. The number of aromatic nitrogens is 2. The van der Waals surface area contributed by atoms with Gasteiger partial charge in [0.15, 0.2) is 0 Å². The van der Waals surface area contributed by atoms with Crippen molar-refractivity contribution in [2.24, 2.45) is 0 Å². The van der Waals surface area contributed by atoms with Gasteiger partial charge >= 0.3 is 0 Å². The van der Waals surface area contributed by atoms with Crippen LogP contribution in [0, 0.1) is 0 Å². The zero-order valence-corrected chi connectivity index (χ0v) is 41.8. The molecule has 0 amide bonds. The molecule has 0 atom stereocenters. The van der Waals surface area contributed by atoms with Gasteiger partial charge < -0.3 is 4.90 Å². The summed E-state index contributed by atoms with van der Waals surface area (Å²) in [6.45, 7) is 6.90. The average molecular weight is 952 g/mol. The summed E-state index contributed by atoms with van der Waals surface area (Å²) < 4.78 is 0. The first-order chi connectivity index (χ1) is 35.9. The second-order valence-corrected chi connectivity index (χ2v) is 21.1. The molecule has 0 saturated carbocycles. The Morgan fingerprint density at radius 2 is 0.849 bits per heavy atom. The van der Waals surface area contributed by atoms with E-state index in [0.717, 1.165) is 73.1 Å². The molecule has 2 aromatic heterocycles. The normalized spacial score (nSPS) is 12.5. The van der Waals surface area contributed by atoms with Crippen LogP contribution in [0.15, 0.2) is 259 Å². The van der Waals surface area contributed by atoms with Crippen molar-refractivity contribution in [2.45, 2.75) is 36.0 Å². The molecular weight excluding hydrogens is 902 g/mol. The van der Waals surface area contributed by atoms with Gasteiger partial charge in [0.1, 0.15) is 0 Å². The van der Waals surface area contributed by atoms with Gasteiger partial charge in [0.2, 0.25) is 6.71 Å². The smallest absolute Gasteiger partial charge is 0.249 e. The van der Waals surface area contributed by atoms with Crippen LogP contribution < -0.4 is 21.3 Å². The van der Waals surface area contributed by atoms with Crippen LogP contribution in [0.2, 0.25) is 0 Å². The van der Waals surface area contributed by atoms with Crippen LogP contribution in [-0.4, -0.2) is 16.7 Å². The number of benzene rings is 9. The first-order valence-electron chi connectivity index (χ1n) is 25.2. The molecule has 2 aliphatic rings. The van der Waals surface area contributed by atoms with E-state index in [0.29, 0.717) is 0 Å². The molecule has 0 aliphatic carbocycles. The average Bonchev–Trinajstić information content (AvgIpc) is 3.45. The molecule has 0 bridgehead atoms. The van der Waals surface area contributed by atoms with E-state index >= 15 is 0 Å². The highest BCUT2D eigenvalue weighted by Crippen LogP contribution is 2.51. The lowest BCUT2D eigenvalue weighted by atomic mass is 9.34. The zero-order valence-electron chi connectivity index (χ0n) is 41.0. The number of hydrogen-bond donors (Lipinski definition) is 0. The van der Waals surface area contributed by atoms with Crippen LogP contribution in [0.5, 0.6) is 0 Å². The predicted octanol–water partition coefficient (Wildman–Crippen LogP) is 16.2. The number of hydrogen-bond acceptors (Lipinski definition) is 4. The summed E-state index contributed by atoms with van der Waals surface area (Å²) in [5.74, 6) is 0. The van der Waals surface area contributed by atoms with Gasteiger partial charge in [-0.05, 0) is 104 Å². The number of fused-ring (bicyclic) bond motifs is 4. The highest BCUT2D eigenvalue weighted by atomic mass is 32.2. The Bertz CT molecular complexity index is 3840. The fraction of sp³-hybridized carbons (Fsp3) is 0.0588. The van der Waals surface area contributed by atoms with Crippen molar-refractivity contribution in [3.8, 4) is 78.4 Å². The lowest BCUT2D eigenvalue weighted by molar-refractivity contribution is 0.589. The van der Waals surface area contributed by atoms with Gasteiger partial charge in [-0.2, -0.15) is 0 Å². The summed E-state index contributed by atoms with van der Waals surface area (Å²) in [6.07, 6.45) is 0. The monoisotopic (exact) mass is 951 g/mol. The molecule has 0 fully saturated rings. The SMILES string of the molecule is CC(C)(C)c1cc2c3c(c1)N(c1ccc(-c4ccccc4)cc1)c1c(ccc(-c4ccccc4)c1-c1cccc(-c4ccccc4)n1)B3c1ccc(-c3ccccc3)c(-c3cccc(-c4ccccc4)n3)c1S2. The van der Waals surface area contributed by atoms with E-state index in [2.05, 4.69) is 274 Å². The van der Waals surface area contributed by atoms with Gasteiger partial charge in [-0.1, -0.05) is 238 Å². The number of rotatable bonds is 8. The summed E-state index contributed by atoms with van der Waals surface area (Å²) in [6, 6.07) is 90.2. The zero-order chi connectivity index (χ0) is 49.0. The van der Waals surface area contributed by atoms with Crippen LogP contribution >= 0.6 is 11.8 Å². The first-order valence-corrected chi connectivity index (χ1v) is 26.0. The topological polar surface area (TPSA) is 29.0 Å². The van der Waals surface area contributed by atoms with E-state index in [1.165, 1.54) is 54.1 Å². The van der Waals surface area contributed by atoms with Crippen molar-refractivity contribution in [3.63, 3.8) is 0 Å². The van der Waals surface area contributed by atoms with E-state index in [9.17, 15) is 0 Å². The molecule has 0 saturated heterocycles. The Balaban J connectivity index is 1.14. The standard InChI is InChI=1S/C68H50BN3S/c1-68(2,3)51-43-61-65-62(44-51)73-67-56(42-40-54(48-25-13-6-14-26-48)64(67)60-34-20-32-58(71-60)50-29-17-8-18-30-50)69(65)55-41-39-53(47-23-11-5-12-24-47)63(59-33-19-31-57(70-59)49-27-15-7-16-28-49)66(55)72(61)52-37-35-46(36-38-52)45-21-9-4-10-22-45/h4-44H,1-3H3. The van der Waals surface area contributed by atoms with Crippen LogP contribution in [0.25, 0.3) is 78.4 Å². The molecule has 73 heavy (non-hydrogen) atoms. The number of pyridine rings is 2. The van der Waals surface area contributed by atoms with Crippen molar-refractivity contribution in [2.75, 3.05) is 4.90 Å². The Hall–Kier alpha value is -8.51. The number of anilines is 3. The maximum Gasteiger partial charge on any atom is 0.249 e. The fourth-order valence-corrected chi connectivity index (χ4v) is 12.3. The minimum atomic E-state index is -0.161. The van der Waals surface area contributed by atoms with Crippen LogP contribution in [0.1, 0.15) is 26.3 Å². The largest absolute Gasteiger partial charge is 0.311 e. The van der Waals surface area contributed by atoms with Gasteiger partial charge in [-0.25, -0.2) is 9.97 Å². The quantitative estimate of drug-likeness (QED) is 0.142. The van der Waals surface area contributed by atoms with Crippen molar-refractivity contribution < 1.29 is 0 Å². The lowest BCUT2D eigenvalue weighted by Crippen LogP contribution is -2.60. The Kier molecular flexibility index (Phi) is 11.1.